The van der Waals surface area contributed by atoms with E-state index in [-0.39, 0.29) is 5.91 Å². The van der Waals surface area contributed by atoms with Crippen LogP contribution in [0.2, 0.25) is 0 Å². The summed E-state index contributed by atoms with van der Waals surface area (Å²) in [6.07, 6.45) is 2.25. The summed E-state index contributed by atoms with van der Waals surface area (Å²) in [7, 11) is 0. The monoisotopic (exact) mass is 333 g/mol. The predicted molar refractivity (Wildman–Crippen MR) is 99.1 cm³/mol. The van der Waals surface area contributed by atoms with Crippen molar-refractivity contribution in [3.63, 3.8) is 0 Å². The molecule has 0 radical (unpaired) electrons. The summed E-state index contributed by atoms with van der Waals surface area (Å²) in [6, 6.07) is 22.8. The lowest BCUT2D eigenvalue weighted by Gasteiger charge is -2.22. The van der Waals surface area contributed by atoms with Crippen molar-refractivity contribution in [2.45, 2.75) is 25.4 Å². The summed E-state index contributed by atoms with van der Waals surface area (Å²) in [5, 5.41) is 2.07. The number of benzene rings is 2. The highest BCUT2D eigenvalue weighted by Gasteiger charge is 2.33. The summed E-state index contributed by atoms with van der Waals surface area (Å²) >= 11 is 1.71. The van der Waals surface area contributed by atoms with Crippen LogP contribution in [0, 0.1) is 0 Å². The van der Waals surface area contributed by atoms with Gasteiger partial charge in [-0.1, -0.05) is 48.5 Å². The van der Waals surface area contributed by atoms with Crippen molar-refractivity contribution < 1.29 is 4.79 Å². The van der Waals surface area contributed by atoms with E-state index < -0.39 is 0 Å². The first kappa shape index (κ1) is 15.2. The van der Waals surface area contributed by atoms with Gasteiger partial charge < -0.3 is 4.90 Å². The van der Waals surface area contributed by atoms with E-state index in [4.69, 9.17) is 0 Å². The molecule has 1 aliphatic rings. The molecule has 24 heavy (non-hydrogen) atoms. The molecular weight excluding hydrogens is 314 g/mol. The van der Waals surface area contributed by atoms with Gasteiger partial charge >= 0.3 is 0 Å². The van der Waals surface area contributed by atoms with Crippen LogP contribution in [0.25, 0.3) is 11.1 Å². The third kappa shape index (κ3) is 3.26. The van der Waals surface area contributed by atoms with Crippen molar-refractivity contribution in [3.05, 3.63) is 82.6 Å². The van der Waals surface area contributed by atoms with Gasteiger partial charge in [-0.05, 0) is 47.5 Å². The number of nitrogens with zero attached hydrogens (tertiary/aromatic N) is 1. The highest BCUT2D eigenvalue weighted by molar-refractivity contribution is 7.09. The van der Waals surface area contributed by atoms with Crippen LogP contribution in [0.4, 0.5) is 0 Å². The maximum atomic E-state index is 12.9. The maximum Gasteiger partial charge on any atom is 0.254 e. The van der Waals surface area contributed by atoms with Gasteiger partial charge in [0.2, 0.25) is 0 Å². The van der Waals surface area contributed by atoms with Crippen LogP contribution in [0.5, 0.6) is 0 Å². The Morgan fingerprint density at radius 1 is 0.917 bits per heavy atom. The molecular formula is C21H19NOS. The summed E-state index contributed by atoms with van der Waals surface area (Å²) in [4.78, 5) is 16.2. The summed E-state index contributed by atoms with van der Waals surface area (Å²) in [5.74, 6) is 0.144. The summed E-state index contributed by atoms with van der Waals surface area (Å²) < 4.78 is 0. The number of hydrogen-bond donors (Lipinski definition) is 0. The van der Waals surface area contributed by atoms with Crippen molar-refractivity contribution in [2.75, 3.05) is 0 Å². The molecule has 1 amide bonds. The average Bonchev–Trinajstić information content (AvgIpc) is 3.36. The summed E-state index contributed by atoms with van der Waals surface area (Å²) in [6.45, 7) is 0.724. The number of thiophene rings is 1. The van der Waals surface area contributed by atoms with Gasteiger partial charge in [0.15, 0.2) is 0 Å². The van der Waals surface area contributed by atoms with Gasteiger partial charge in [0.1, 0.15) is 0 Å². The first-order chi connectivity index (χ1) is 11.8. The zero-order valence-corrected chi connectivity index (χ0v) is 14.2. The topological polar surface area (TPSA) is 20.3 Å². The molecule has 1 saturated carbocycles. The highest BCUT2D eigenvalue weighted by Crippen LogP contribution is 2.31. The van der Waals surface area contributed by atoms with Crippen LogP contribution >= 0.6 is 11.3 Å². The number of carbonyl (C=O) groups is 1. The van der Waals surface area contributed by atoms with E-state index in [9.17, 15) is 4.79 Å². The number of carbonyl (C=O) groups excluding carboxylic acids is 1. The molecule has 1 aromatic heterocycles. The van der Waals surface area contributed by atoms with Crippen LogP contribution in [0.15, 0.2) is 72.1 Å². The van der Waals surface area contributed by atoms with Crippen molar-refractivity contribution >= 4 is 17.2 Å². The molecule has 2 nitrogen and oxygen atoms in total. The average molecular weight is 333 g/mol. The third-order valence-electron chi connectivity index (χ3n) is 4.39. The van der Waals surface area contributed by atoms with Gasteiger partial charge in [-0.3, -0.25) is 4.79 Å². The van der Waals surface area contributed by atoms with E-state index in [1.54, 1.807) is 11.3 Å². The second kappa shape index (κ2) is 6.62. The normalized spacial score (nSPS) is 13.7. The standard InChI is InChI=1S/C21H19NOS/c23-21(22(19-12-13-19)15-20-7-4-14-24-20)18-10-8-17(9-11-18)16-5-2-1-3-6-16/h1-11,14,19H,12-13,15H2. The largest absolute Gasteiger partial charge is 0.331 e. The fraction of sp³-hybridized carbons (Fsp3) is 0.190. The Balaban J connectivity index is 1.54. The molecule has 0 N–H and O–H groups in total. The summed E-state index contributed by atoms with van der Waals surface area (Å²) in [5.41, 5.74) is 3.09. The lowest BCUT2D eigenvalue weighted by Crippen LogP contribution is -2.32. The number of amides is 1. The van der Waals surface area contributed by atoms with E-state index in [0.717, 1.165) is 30.5 Å². The van der Waals surface area contributed by atoms with Crippen molar-refractivity contribution in [2.24, 2.45) is 0 Å². The number of hydrogen-bond acceptors (Lipinski definition) is 2. The Kier molecular flexibility index (Phi) is 4.18. The minimum atomic E-state index is 0.144. The predicted octanol–water partition coefficient (Wildman–Crippen LogP) is 5.22. The highest BCUT2D eigenvalue weighted by atomic mass is 32.1. The van der Waals surface area contributed by atoms with Crippen LogP contribution in [0.1, 0.15) is 28.1 Å². The van der Waals surface area contributed by atoms with Crippen molar-refractivity contribution in [1.82, 2.24) is 4.90 Å². The SMILES string of the molecule is O=C(c1ccc(-c2ccccc2)cc1)N(Cc1cccs1)C1CC1. The molecule has 1 fully saturated rings. The van der Waals surface area contributed by atoms with Gasteiger partial charge in [-0.15, -0.1) is 11.3 Å². The second-order valence-corrected chi connectivity index (χ2v) is 7.22. The molecule has 0 atom stereocenters. The molecule has 3 heteroatoms. The van der Waals surface area contributed by atoms with Gasteiger partial charge in [-0.25, -0.2) is 0 Å². The minimum Gasteiger partial charge on any atom is -0.331 e. The van der Waals surface area contributed by atoms with E-state index >= 15 is 0 Å². The van der Waals surface area contributed by atoms with E-state index in [0.29, 0.717) is 6.04 Å². The molecule has 4 rings (SSSR count). The Morgan fingerprint density at radius 2 is 1.62 bits per heavy atom. The van der Waals surface area contributed by atoms with Crippen LogP contribution < -0.4 is 0 Å². The third-order valence-corrected chi connectivity index (χ3v) is 5.25. The first-order valence-electron chi connectivity index (χ1n) is 8.30. The zero-order valence-electron chi connectivity index (χ0n) is 13.4. The van der Waals surface area contributed by atoms with Gasteiger partial charge in [0.05, 0.1) is 6.54 Å². The van der Waals surface area contributed by atoms with Gasteiger partial charge in [0.25, 0.3) is 5.91 Å². The van der Waals surface area contributed by atoms with Gasteiger partial charge in [-0.2, -0.15) is 0 Å². The van der Waals surface area contributed by atoms with E-state index in [1.807, 2.05) is 53.4 Å². The molecule has 0 unspecified atom stereocenters. The lowest BCUT2D eigenvalue weighted by molar-refractivity contribution is 0.0731. The molecule has 0 bridgehead atoms. The molecule has 0 spiro atoms. The van der Waals surface area contributed by atoms with Crippen LogP contribution in [-0.4, -0.2) is 16.8 Å². The zero-order chi connectivity index (χ0) is 16.4. The van der Waals surface area contributed by atoms with Crippen LogP contribution in [-0.2, 0) is 6.54 Å². The molecule has 3 aromatic rings. The Morgan fingerprint density at radius 3 is 2.25 bits per heavy atom. The van der Waals surface area contributed by atoms with E-state index in [2.05, 4.69) is 23.6 Å². The maximum absolute atomic E-state index is 12.9. The Hall–Kier alpha value is -2.39. The molecule has 0 saturated heterocycles. The Labute approximate surface area is 146 Å². The fourth-order valence-electron chi connectivity index (χ4n) is 2.93. The second-order valence-electron chi connectivity index (χ2n) is 6.19. The molecule has 1 heterocycles. The quantitative estimate of drug-likeness (QED) is 0.627. The molecule has 0 aliphatic heterocycles. The first-order valence-corrected chi connectivity index (χ1v) is 9.18. The molecule has 1 aliphatic carbocycles. The smallest absolute Gasteiger partial charge is 0.254 e. The lowest BCUT2D eigenvalue weighted by atomic mass is 10.0. The number of rotatable bonds is 5. The minimum absolute atomic E-state index is 0.144. The van der Waals surface area contributed by atoms with Crippen molar-refractivity contribution in [3.8, 4) is 11.1 Å². The van der Waals surface area contributed by atoms with Crippen molar-refractivity contribution in [1.29, 1.82) is 0 Å². The Bertz CT molecular complexity index is 805. The molecule has 120 valence electrons. The van der Waals surface area contributed by atoms with Crippen LogP contribution in [0.3, 0.4) is 0 Å². The van der Waals surface area contributed by atoms with E-state index in [1.165, 1.54) is 10.4 Å². The fourth-order valence-corrected chi connectivity index (χ4v) is 3.63. The van der Waals surface area contributed by atoms with Gasteiger partial charge in [0, 0.05) is 16.5 Å². The molecule has 2 aromatic carbocycles.